The first kappa shape index (κ1) is 11.9. The molecule has 1 N–H and O–H groups in total. The summed E-state index contributed by atoms with van der Waals surface area (Å²) >= 11 is 3.02. The molecule has 78 valence electrons. The molecule has 15 heavy (non-hydrogen) atoms. The summed E-state index contributed by atoms with van der Waals surface area (Å²) in [4.78, 5) is 11.5. The van der Waals surface area contributed by atoms with Crippen LogP contribution in [0.25, 0.3) is 0 Å². The zero-order valence-corrected chi connectivity index (χ0v) is 9.47. The molecule has 0 aliphatic heterocycles. The Balaban J connectivity index is 2.75. The van der Waals surface area contributed by atoms with Crippen molar-refractivity contribution in [2.45, 2.75) is 0 Å². The van der Waals surface area contributed by atoms with Crippen LogP contribution in [0.2, 0.25) is 0 Å². The molecule has 0 saturated carbocycles. The van der Waals surface area contributed by atoms with Crippen LogP contribution in [0.5, 0.6) is 0 Å². The second-order valence-corrected chi connectivity index (χ2v) is 3.69. The lowest BCUT2D eigenvalue weighted by Crippen LogP contribution is -2.23. The quantitative estimate of drug-likeness (QED) is 0.515. The van der Waals surface area contributed by atoms with Crippen LogP contribution in [0.4, 0.5) is 4.39 Å². The van der Waals surface area contributed by atoms with Crippen LogP contribution < -0.4 is 5.32 Å². The van der Waals surface area contributed by atoms with Crippen molar-refractivity contribution in [1.29, 1.82) is 0 Å². The third kappa shape index (κ3) is 3.15. The number of carbonyl (C=O) groups excluding carboxylic acids is 1. The van der Waals surface area contributed by atoms with Crippen LogP contribution in [-0.2, 0) is 0 Å². The van der Waals surface area contributed by atoms with Crippen LogP contribution in [-0.4, -0.2) is 18.9 Å². The fourth-order valence-electron chi connectivity index (χ4n) is 1.06. The number of ketones is 1. The molecule has 0 aliphatic carbocycles. The van der Waals surface area contributed by atoms with E-state index in [1.165, 1.54) is 6.07 Å². The van der Waals surface area contributed by atoms with Crippen molar-refractivity contribution in [3.63, 3.8) is 0 Å². The number of rotatable bonds is 4. The molecule has 4 heteroatoms. The number of Topliss-reactive ketones (excluding diaryl/α,β-unsaturated/α-hetero) is 1. The minimum absolute atomic E-state index is 0.0393. The molecule has 0 aromatic heterocycles. The van der Waals surface area contributed by atoms with E-state index in [0.717, 1.165) is 0 Å². The second-order valence-electron chi connectivity index (χ2n) is 2.83. The number of hydrogen-bond acceptors (Lipinski definition) is 2. The summed E-state index contributed by atoms with van der Waals surface area (Å²) in [6.45, 7) is 0.332. The van der Waals surface area contributed by atoms with Gasteiger partial charge in [-0.1, -0.05) is 12.0 Å². The number of carbonyl (C=O) groups is 1. The maximum absolute atomic E-state index is 13.4. The highest BCUT2D eigenvalue weighted by Crippen LogP contribution is 2.18. The van der Waals surface area contributed by atoms with Crippen molar-refractivity contribution in [2.75, 3.05) is 13.1 Å². The Morgan fingerprint density at radius 2 is 2.33 bits per heavy atom. The van der Waals surface area contributed by atoms with Gasteiger partial charge in [-0.2, -0.15) is 0 Å². The summed E-state index contributed by atoms with van der Waals surface area (Å²) in [5.41, 5.74) is 0.0638. The van der Waals surface area contributed by atoms with Crippen molar-refractivity contribution < 1.29 is 9.18 Å². The summed E-state index contributed by atoms with van der Waals surface area (Å²) < 4.78 is 13.7. The van der Waals surface area contributed by atoms with Gasteiger partial charge in [0.1, 0.15) is 5.82 Å². The monoisotopic (exact) mass is 269 g/mol. The van der Waals surface area contributed by atoms with Crippen molar-refractivity contribution in [2.24, 2.45) is 0 Å². The number of benzene rings is 1. The van der Waals surface area contributed by atoms with E-state index in [0.29, 0.717) is 6.54 Å². The van der Waals surface area contributed by atoms with Gasteiger partial charge >= 0.3 is 0 Å². The first-order valence-electron chi connectivity index (χ1n) is 4.28. The maximum atomic E-state index is 13.4. The fourth-order valence-corrected chi connectivity index (χ4v) is 1.43. The lowest BCUT2D eigenvalue weighted by atomic mass is 10.1. The van der Waals surface area contributed by atoms with Gasteiger partial charge in [-0.15, -0.1) is 6.42 Å². The molecule has 1 aromatic carbocycles. The molecule has 0 amide bonds. The largest absolute Gasteiger partial charge is 0.299 e. The van der Waals surface area contributed by atoms with E-state index in [2.05, 4.69) is 27.2 Å². The molecule has 0 saturated heterocycles. The Morgan fingerprint density at radius 3 is 3.00 bits per heavy atom. The van der Waals surface area contributed by atoms with Crippen molar-refractivity contribution >= 4 is 21.7 Å². The van der Waals surface area contributed by atoms with E-state index < -0.39 is 5.82 Å². The highest BCUT2D eigenvalue weighted by Gasteiger charge is 2.12. The molecule has 0 radical (unpaired) electrons. The van der Waals surface area contributed by atoms with Gasteiger partial charge in [0, 0.05) is 0 Å². The third-order valence-electron chi connectivity index (χ3n) is 1.76. The van der Waals surface area contributed by atoms with E-state index in [9.17, 15) is 9.18 Å². The lowest BCUT2D eigenvalue weighted by molar-refractivity contribution is 0.0988. The third-order valence-corrected chi connectivity index (χ3v) is 2.38. The average Bonchev–Trinajstić information content (AvgIpc) is 2.22. The van der Waals surface area contributed by atoms with Crippen molar-refractivity contribution in [3.8, 4) is 12.3 Å². The Bertz CT molecular complexity index is 412. The van der Waals surface area contributed by atoms with Gasteiger partial charge in [0.05, 0.1) is 23.1 Å². The topological polar surface area (TPSA) is 29.1 Å². The Hall–Kier alpha value is -1.18. The normalized spacial score (nSPS) is 9.67. The minimum Gasteiger partial charge on any atom is -0.299 e. The Morgan fingerprint density at radius 1 is 1.60 bits per heavy atom. The van der Waals surface area contributed by atoms with Crippen LogP contribution in [0.1, 0.15) is 10.4 Å². The number of nitrogens with one attached hydrogen (secondary N) is 1. The summed E-state index contributed by atoms with van der Waals surface area (Å²) in [7, 11) is 0. The van der Waals surface area contributed by atoms with Gasteiger partial charge in [-0.05, 0) is 28.1 Å². The van der Waals surface area contributed by atoms with Gasteiger partial charge in [0.25, 0.3) is 0 Å². The standard InChI is InChI=1S/C11H9BrFNO/c1-2-6-14-7-10(15)8-4-3-5-9(12)11(8)13/h1,3-5,14H,6-7H2. The molecular weight excluding hydrogens is 261 g/mol. The summed E-state index contributed by atoms with van der Waals surface area (Å²) in [6, 6.07) is 4.60. The Labute approximate surface area is 96.0 Å². The summed E-state index contributed by atoms with van der Waals surface area (Å²) in [6.07, 6.45) is 5.00. The van der Waals surface area contributed by atoms with Gasteiger partial charge in [0.2, 0.25) is 0 Å². The Kier molecular flexibility index (Phi) is 4.47. The lowest BCUT2D eigenvalue weighted by Gasteiger charge is -2.03. The van der Waals surface area contributed by atoms with Gasteiger partial charge in [-0.3, -0.25) is 10.1 Å². The molecule has 1 aromatic rings. The van der Waals surface area contributed by atoms with E-state index in [1.807, 2.05) is 0 Å². The molecule has 0 heterocycles. The highest BCUT2D eigenvalue weighted by molar-refractivity contribution is 9.10. The predicted octanol–water partition coefficient (Wildman–Crippen LogP) is 1.99. The number of terminal acetylenes is 1. The first-order valence-corrected chi connectivity index (χ1v) is 5.07. The molecule has 1 rings (SSSR count). The van der Waals surface area contributed by atoms with Crippen LogP contribution in [0.3, 0.4) is 0 Å². The predicted molar refractivity (Wildman–Crippen MR) is 60.1 cm³/mol. The van der Waals surface area contributed by atoms with Gasteiger partial charge in [-0.25, -0.2) is 4.39 Å². The molecule has 0 unspecified atom stereocenters. The van der Waals surface area contributed by atoms with E-state index in [4.69, 9.17) is 6.42 Å². The zero-order valence-electron chi connectivity index (χ0n) is 7.89. The minimum atomic E-state index is -0.537. The smallest absolute Gasteiger partial charge is 0.179 e. The average molecular weight is 270 g/mol. The summed E-state index contributed by atoms with van der Waals surface area (Å²) in [5.74, 6) is 1.48. The molecule has 0 spiro atoms. The summed E-state index contributed by atoms with van der Waals surface area (Å²) in [5, 5.41) is 2.71. The molecule has 0 bridgehead atoms. The maximum Gasteiger partial charge on any atom is 0.179 e. The molecule has 2 nitrogen and oxygen atoms in total. The van der Waals surface area contributed by atoms with Crippen LogP contribution >= 0.6 is 15.9 Å². The van der Waals surface area contributed by atoms with Gasteiger partial charge < -0.3 is 0 Å². The molecular formula is C11H9BrFNO. The van der Waals surface area contributed by atoms with E-state index >= 15 is 0 Å². The fraction of sp³-hybridized carbons (Fsp3) is 0.182. The number of halogens is 2. The molecule has 0 fully saturated rings. The van der Waals surface area contributed by atoms with Crippen molar-refractivity contribution in [3.05, 3.63) is 34.1 Å². The molecule has 0 aliphatic rings. The van der Waals surface area contributed by atoms with Crippen LogP contribution in [0, 0.1) is 18.2 Å². The van der Waals surface area contributed by atoms with E-state index in [-0.39, 0.29) is 22.4 Å². The van der Waals surface area contributed by atoms with Crippen LogP contribution in [0.15, 0.2) is 22.7 Å². The highest BCUT2D eigenvalue weighted by atomic mass is 79.9. The number of hydrogen-bond donors (Lipinski definition) is 1. The van der Waals surface area contributed by atoms with Gasteiger partial charge in [0.15, 0.2) is 5.78 Å². The first-order chi connectivity index (χ1) is 7.16. The molecule has 0 atom stereocenters. The SMILES string of the molecule is C#CCNCC(=O)c1cccc(Br)c1F. The van der Waals surface area contributed by atoms with E-state index in [1.54, 1.807) is 12.1 Å². The van der Waals surface area contributed by atoms with Crippen molar-refractivity contribution in [1.82, 2.24) is 5.32 Å². The second kappa shape index (κ2) is 5.64. The zero-order chi connectivity index (χ0) is 11.3.